The molecule has 1 unspecified atom stereocenters. The maximum absolute atomic E-state index is 13.9. The monoisotopic (exact) mass is 257 g/mol. The first-order valence-corrected chi connectivity index (χ1v) is 6.25. The number of benzene rings is 2. The van der Waals surface area contributed by atoms with Gasteiger partial charge in [0.1, 0.15) is 6.17 Å². The third-order valence-corrected chi connectivity index (χ3v) is 2.86. The minimum atomic E-state index is -1.25. The molecule has 0 aliphatic heterocycles. The van der Waals surface area contributed by atoms with Crippen LogP contribution in [0.2, 0.25) is 0 Å². The van der Waals surface area contributed by atoms with Crippen LogP contribution in [0.15, 0.2) is 60.7 Å². The second-order valence-corrected chi connectivity index (χ2v) is 4.34. The molecule has 0 heterocycles. The van der Waals surface area contributed by atoms with Gasteiger partial charge < -0.3 is 5.32 Å². The molecule has 0 aliphatic rings. The highest BCUT2D eigenvalue weighted by Crippen LogP contribution is 2.20. The molecule has 2 aromatic rings. The zero-order valence-electron chi connectivity index (χ0n) is 10.6. The van der Waals surface area contributed by atoms with Crippen LogP contribution in [-0.2, 0) is 11.3 Å². The third kappa shape index (κ3) is 4.21. The van der Waals surface area contributed by atoms with Gasteiger partial charge in [0.2, 0.25) is 5.91 Å². The smallest absolute Gasteiger partial charge is 0.223 e. The number of hydrogen-bond donors (Lipinski definition) is 1. The minimum absolute atomic E-state index is 0.142. The molecule has 0 radical (unpaired) electrons. The summed E-state index contributed by atoms with van der Waals surface area (Å²) in [4.78, 5) is 11.6. The average Bonchev–Trinajstić information content (AvgIpc) is 2.47. The maximum Gasteiger partial charge on any atom is 0.223 e. The van der Waals surface area contributed by atoms with Crippen molar-refractivity contribution in [1.82, 2.24) is 5.32 Å². The van der Waals surface area contributed by atoms with Crippen molar-refractivity contribution in [3.05, 3.63) is 71.8 Å². The molecule has 0 fully saturated rings. The summed E-state index contributed by atoms with van der Waals surface area (Å²) in [5.41, 5.74) is 1.54. The lowest BCUT2D eigenvalue weighted by atomic mass is 10.1. The van der Waals surface area contributed by atoms with Crippen LogP contribution in [-0.4, -0.2) is 5.91 Å². The quantitative estimate of drug-likeness (QED) is 0.873. The number of carbonyl (C=O) groups is 1. The Morgan fingerprint density at radius 2 is 1.58 bits per heavy atom. The summed E-state index contributed by atoms with van der Waals surface area (Å²) in [6.07, 6.45) is -1.39. The first kappa shape index (κ1) is 13.3. The summed E-state index contributed by atoms with van der Waals surface area (Å²) >= 11 is 0. The molecule has 2 nitrogen and oxygen atoms in total. The van der Waals surface area contributed by atoms with Gasteiger partial charge in [0.25, 0.3) is 0 Å². The van der Waals surface area contributed by atoms with Crippen LogP contribution in [0.3, 0.4) is 0 Å². The van der Waals surface area contributed by atoms with Gasteiger partial charge in [0, 0.05) is 6.54 Å². The number of alkyl halides is 1. The topological polar surface area (TPSA) is 29.1 Å². The van der Waals surface area contributed by atoms with Gasteiger partial charge in [-0.3, -0.25) is 4.79 Å². The van der Waals surface area contributed by atoms with E-state index in [0.717, 1.165) is 5.56 Å². The van der Waals surface area contributed by atoms with E-state index in [9.17, 15) is 9.18 Å². The van der Waals surface area contributed by atoms with E-state index in [0.29, 0.717) is 12.1 Å². The summed E-state index contributed by atoms with van der Waals surface area (Å²) in [6.45, 7) is 0.432. The molecule has 1 atom stereocenters. The molecular weight excluding hydrogens is 241 g/mol. The van der Waals surface area contributed by atoms with Gasteiger partial charge in [-0.2, -0.15) is 0 Å². The lowest BCUT2D eigenvalue weighted by Crippen LogP contribution is -2.23. The molecule has 0 aromatic heterocycles. The van der Waals surface area contributed by atoms with Crippen LogP contribution in [0.5, 0.6) is 0 Å². The predicted molar refractivity (Wildman–Crippen MR) is 73.2 cm³/mol. The van der Waals surface area contributed by atoms with Crippen LogP contribution in [0.4, 0.5) is 4.39 Å². The van der Waals surface area contributed by atoms with E-state index in [2.05, 4.69) is 5.32 Å². The number of halogens is 1. The van der Waals surface area contributed by atoms with Gasteiger partial charge >= 0.3 is 0 Å². The molecular formula is C16H16FNO. The Kier molecular flexibility index (Phi) is 4.67. The van der Waals surface area contributed by atoms with Gasteiger partial charge in [-0.25, -0.2) is 4.39 Å². The number of amides is 1. The van der Waals surface area contributed by atoms with Crippen molar-refractivity contribution < 1.29 is 9.18 Å². The molecule has 1 amide bonds. The van der Waals surface area contributed by atoms with Crippen molar-refractivity contribution in [2.75, 3.05) is 0 Å². The zero-order chi connectivity index (χ0) is 13.5. The molecule has 0 saturated heterocycles. The Bertz CT molecular complexity index is 513. The molecule has 2 aromatic carbocycles. The summed E-state index contributed by atoms with van der Waals surface area (Å²) < 4.78 is 13.9. The maximum atomic E-state index is 13.9. The van der Waals surface area contributed by atoms with Gasteiger partial charge in [-0.15, -0.1) is 0 Å². The molecule has 3 heteroatoms. The van der Waals surface area contributed by atoms with Crippen LogP contribution in [0.1, 0.15) is 23.7 Å². The highest BCUT2D eigenvalue weighted by atomic mass is 19.1. The Labute approximate surface area is 112 Å². The minimum Gasteiger partial charge on any atom is -0.352 e. The Morgan fingerprint density at radius 3 is 2.21 bits per heavy atom. The second kappa shape index (κ2) is 6.69. The van der Waals surface area contributed by atoms with Crippen molar-refractivity contribution >= 4 is 5.91 Å². The lowest BCUT2D eigenvalue weighted by molar-refractivity contribution is -0.122. The van der Waals surface area contributed by atoms with E-state index in [4.69, 9.17) is 0 Å². The number of carbonyl (C=O) groups excluding carboxylic acids is 1. The normalized spacial score (nSPS) is 11.8. The zero-order valence-corrected chi connectivity index (χ0v) is 10.6. The Balaban J connectivity index is 1.82. The van der Waals surface area contributed by atoms with E-state index in [1.165, 1.54) is 0 Å². The van der Waals surface area contributed by atoms with E-state index >= 15 is 0 Å². The van der Waals surface area contributed by atoms with Crippen molar-refractivity contribution in [3.8, 4) is 0 Å². The molecule has 0 aliphatic carbocycles. The average molecular weight is 257 g/mol. The predicted octanol–water partition coefficient (Wildman–Crippen LogP) is 3.40. The lowest BCUT2D eigenvalue weighted by Gasteiger charge is -2.09. The largest absolute Gasteiger partial charge is 0.352 e. The fourth-order valence-corrected chi connectivity index (χ4v) is 1.81. The van der Waals surface area contributed by atoms with E-state index in [1.807, 2.05) is 36.4 Å². The first-order valence-electron chi connectivity index (χ1n) is 6.25. The van der Waals surface area contributed by atoms with Crippen molar-refractivity contribution in [3.63, 3.8) is 0 Å². The standard InChI is InChI=1S/C16H16FNO/c17-15(14-9-5-2-6-10-14)11-16(19)18-12-13-7-3-1-4-8-13/h1-10,15H,11-12H2,(H,18,19). The first-order chi connectivity index (χ1) is 9.25. The third-order valence-electron chi connectivity index (χ3n) is 2.86. The molecule has 1 N–H and O–H groups in total. The summed E-state index contributed by atoms with van der Waals surface area (Å²) in [5.74, 6) is -0.278. The molecule has 19 heavy (non-hydrogen) atoms. The van der Waals surface area contributed by atoms with Crippen molar-refractivity contribution in [2.45, 2.75) is 19.1 Å². The van der Waals surface area contributed by atoms with Crippen molar-refractivity contribution in [1.29, 1.82) is 0 Å². The molecule has 98 valence electrons. The fraction of sp³-hybridized carbons (Fsp3) is 0.188. The van der Waals surface area contributed by atoms with E-state index in [1.54, 1.807) is 24.3 Å². The van der Waals surface area contributed by atoms with Crippen molar-refractivity contribution in [2.24, 2.45) is 0 Å². The summed E-state index contributed by atoms with van der Waals surface area (Å²) in [6, 6.07) is 18.3. The van der Waals surface area contributed by atoms with E-state index in [-0.39, 0.29) is 12.3 Å². The fourth-order valence-electron chi connectivity index (χ4n) is 1.81. The highest BCUT2D eigenvalue weighted by Gasteiger charge is 2.14. The Hall–Kier alpha value is -2.16. The van der Waals surface area contributed by atoms with E-state index < -0.39 is 6.17 Å². The van der Waals surface area contributed by atoms with Gasteiger partial charge in [0.05, 0.1) is 6.42 Å². The summed E-state index contributed by atoms with van der Waals surface area (Å²) in [5, 5.41) is 2.72. The van der Waals surface area contributed by atoms with Gasteiger partial charge in [0.15, 0.2) is 0 Å². The highest BCUT2D eigenvalue weighted by molar-refractivity contribution is 5.76. The van der Waals surface area contributed by atoms with Gasteiger partial charge in [-0.1, -0.05) is 60.7 Å². The van der Waals surface area contributed by atoms with Crippen LogP contribution < -0.4 is 5.32 Å². The number of nitrogens with one attached hydrogen (secondary N) is 1. The molecule has 0 bridgehead atoms. The number of hydrogen-bond acceptors (Lipinski definition) is 1. The number of rotatable bonds is 5. The Morgan fingerprint density at radius 1 is 1.00 bits per heavy atom. The SMILES string of the molecule is O=C(CC(F)c1ccccc1)NCc1ccccc1. The van der Waals surface area contributed by atoms with Crippen LogP contribution in [0.25, 0.3) is 0 Å². The summed E-state index contributed by atoms with van der Waals surface area (Å²) in [7, 11) is 0. The van der Waals surface area contributed by atoms with Crippen LogP contribution in [0, 0.1) is 0 Å². The molecule has 0 spiro atoms. The second-order valence-electron chi connectivity index (χ2n) is 4.34. The molecule has 0 saturated carbocycles. The van der Waals surface area contributed by atoms with Crippen LogP contribution >= 0.6 is 0 Å². The molecule has 2 rings (SSSR count). The van der Waals surface area contributed by atoms with Gasteiger partial charge in [-0.05, 0) is 11.1 Å².